The van der Waals surface area contributed by atoms with Gasteiger partial charge in [-0.2, -0.15) is 0 Å². The van der Waals surface area contributed by atoms with Crippen LogP contribution in [0.1, 0.15) is 49.8 Å². The van der Waals surface area contributed by atoms with Crippen molar-refractivity contribution in [2.45, 2.75) is 49.6 Å². The van der Waals surface area contributed by atoms with E-state index in [2.05, 4.69) is 4.72 Å². The maximum atomic E-state index is 12.8. The van der Waals surface area contributed by atoms with Crippen LogP contribution >= 0.6 is 0 Å². The monoisotopic (exact) mass is 440 g/mol. The number of sulfonamides is 1. The smallest absolute Gasteiger partial charge is 0.247 e. The fraction of sp³-hybridized carbons (Fsp3) is 0.375. The molecule has 31 heavy (non-hydrogen) atoms. The number of hydrogen-bond donors (Lipinski definition) is 1. The fourth-order valence-corrected chi connectivity index (χ4v) is 5.14. The maximum Gasteiger partial charge on any atom is 0.247 e. The number of rotatable bonds is 8. The fourth-order valence-electron chi connectivity index (χ4n) is 3.84. The van der Waals surface area contributed by atoms with Gasteiger partial charge in [0.1, 0.15) is 5.75 Å². The lowest BCUT2D eigenvalue weighted by atomic mass is 10.0. The van der Waals surface area contributed by atoms with Crippen LogP contribution in [0.5, 0.6) is 5.75 Å². The number of amides is 1. The van der Waals surface area contributed by atoms with E-state index in [-0.39, 0.29) is 22.9 Å². The minimum absolute atomic E-state index is 0.0384. The number of nitrogens with zero attached hydrogens (tertiary/aromatic N) is 1. The van der Waals surface area contributed by atoms with Crippen molar-refractivity contribution < 1.29 is 17.9 Å². The lowest BCUT2D eigenvalue weighted by molar-refractivity contribution is -0.126. The summed E-state index contributed by atoms with van der Waals surface area (Å²) in [6, 6.07) is 14.7. The second-order valence-electron chi connectivity index (χ2n) is 7.99. The van der Waals surface area contributed by atoms with Crippen LogP contribution in [0.3, 0.4) is 0 Å². The highest BCUT2D eigenvalue weighted by molar-refractivity contribution is 7.89. The van der Waals surface area contributed by atoms with Gasteiger partial charge in [0.25, 0.3) is 0 Å². The lowest BCUT2D eigenvalue weighted by Crippen LogP contribution is -2.28. The van der Waals surface area contributed by atoms with Gasteiger partial charge in [0.15, 0.2) is 0 Å². The highest BCUT2D eigenvalue weighted by Gasteiger charge is 2.29. The molecule has 1 aliphatic carbocycles. The number of likely N-dealkylation sites (tertiary alicyclic amines) is 1. The maximum absolute atomic E-state index is 12.8. The first-order valence-electron chi connectivity index (χ1n) is 10.8. The minimum atomic E-state index is -3.46. The van der Waals surface area contributed by atoms with E-state index in [0.29, 0.717) is 6.61 Å². The number of nitrogens with one attached hydrogen (secondary N) is 1. The van der Waals surface area contributed by atoms with E-state index in [1.807, 2.05) is 36.1 Å². The van der Waals surface area contributed by atoms with E-state index < -0.39 is 10.0 Å². The van der Waals surface area contributed by atoms with Crippen molar-refractivity contribution in [1.29, 1.82) is 0 Å². The summed E-state index contributed by atoms with van der Waals surface area (Å²) in [4.78, 5) is 15.0. The molecule has 1 heterocycles. The Morgan fingerprint density at radius 3 is 2.45 bits per heavy atom. The predicted molar refractivity (Wildman–Crippen MR) is 120 cm³/mol. The predicted octanol–water partition coefficient (Wildman–Crippen LogP) is 3.90. The van der Waals surface area contributed by atoms with Crippen LogP contribution < -0.4 is 9.46 Å². The molecule has 6 nitrogen and oxygen atoms in total. The van der Waals surface area contributed by atoms with Crippen LogP contribution in [0.15, 0.2) is 59.5 Å². The Labute approximate surface area is 184 Å². The Bertz CT molecular complexity index is 1040. The van der Waals surface area contributed by atoms with Crippen molar-refractivity contribution >= 4 is 22.0 Å². The Morgan fingerprint density at radius 1 is 1.10 bits per heavy atom. The summed E-state index contributed by atoms with van der Waals surface area (Å²) in [5.74, 6) is 0.795. The Hall–Kier alpha value is -2.64. The summed E-state index contributed by atoms with van der Waals surface area (Å²) in [5.41, 5.74) is 1.90. The van der Waals surface area contributed by atoms with E-state index in [4.69, 9.17) is 4.74 Å². The van der Waals surface area contributed by atoms with Gasteiger partial charge in [0, 0.05) is 18.7 Å². The highest BCUT2D eigenvalue weighted by atomic mass is 32.2. The van der Waals surface area contributed by atoms with Crippen LogP contribution in [0.4, 0.5) is 0 Å². The molecule has 1 saturated heterocycles. The average Bonchev–Trinajstić information content (AvgIpc) is 3.43. The number of carbonyl (C=O) groups is 1. The molecule has 7 heteroatoms. The molecule has 1 N–H and O–H groups in total. The molecule has 2 fully saturated rings. The van der Waals surface area contributed by atoms with Crippen molar-refractivity contribution in [1.82, 2.24) is 9.62 Å². The SMILES string of the molecule is CCOc1ccc(C2CCCN2C(=O)/C=C/c2ccc(S(=O)(=O)NC3CC3)cc2)cc1. The Morgan fingerprint density at radius 2 is 1.81 bits per heavy atom. The molecule has 1 atom stereocenters. The molecule has 1 aliphatic heterocycles. The standard InChI is InChI=1S/C24H28N2O4S/c1-2-30-21-12-8-19(9-13-21)23-4-3-17-26(23)24(27)16-7-18-5-14-22(15-6-18)31(28,29)25-20-10-11-20/h5-9,12-16,20,23,25H,2-4,10-11,17H2,1H3/b16-7+. The van der Waals surface area contributed by atoms with Crippen LogP contribution in [-0.2, 0) is 14.8 Å². The van der Waals surface area contributed by atoms with E-state index in [1.54, 1.807) is 36.4 Å². The van der Waals surface area contributed by atoms with E-state index >= 15 is 0 Å². The zero-order chi connectivity index (χ0) is 21.8. The second kappa shape index (κ2) is 9.24. The lowest BCUT2D eigenvalue weighted by Gasteiger charge is -2.24. The molecule has 0 aromatic heterocycles. The molecule has 2 aromatic carbocycles. The highest BCUT2D eigenvalue weighted by Crippen LogP contribution is 2.33. The molecule has 0 spiro atoms. The van der Waals surface area contributed by atoms with Gasteiger partial charge in [-0.05, 0) is 74.1 Å². The van der Waals surface area contributed by atoms with Gasteiger partial charge < -0.3 is 9.64 Å². The van der Waals surface area contributed by atoms with E-state index in [1.165, 1.54) is 0 Å². The quantitative estimate of drug-likeness (QED) is 0.632. The molecule has 1 amide bonds. The Kier molecular flexibility index (Phi) is 6.43. The topological polar surface area (TPSA) is 75.7 Å². The zero-order valence-corrected chi connectivity index (χ0v) is 18.5. The molecular weight excluding hydrogens is 412 g/mol. The third-order valence-electron chi connectivity index (χ3n) is 5.62. The molecule has 4 rings (SSSR count). The van der Waals surface area contributed by atoms with E-state index in [9.17, 15) is 13.2 Å². The van der Waals surface area contributed by atoms with Gasteiger partial charge in [-0.1, -0.05) is 24.3 Å². The summed E-state index contributed by atoms with van der Waals surface area (Å²) >= 11 is 0. The van der Waals surface area contributed by atoms with Crippen LogP contribution in [0.25, 0.3) is 6.08 Å². The molecular formula is C24H28N2O4S. The number of ether oxygens (including phenoxy) is 1. The van der Waals surface area contributed by atoms with Crippen molar-refractivity contribution in [3.8, 4) is 5.75 Å². The van der Waals surface area contributed by atoms with Gasteiger partial charge in [-0.25, -0.2) is 13.1 Å². The largest absolute Gasteiger partial charge is 0.494 e. The minimum Gasteiger partial charge on any atom is -0.494 e. The third-order valence-corrected chi connectivity index (χ3v) is 7.16. The first kappa shape index (κ1) is 21.6. The molecule has 2 aromatic rings. The van der Waals surface area contributed by atoms with Gasteiger partial charge in [-0.3, -0.25) is 4.79 Å². The number of hydrogen-bond acceptors (Lipinski definition) is 4. The second-order valence-corrected chi connectivity index (χ2v) is 9.70. The zero-order valence-electron chi connectivity index (χ0n) is 17.7. The van der Waals surface area contributed by atoms with E-state index in [0.717, 1.165) is 49.1 Å². The van der Waals surface area contributed by atoms with Crippen LogP contribution in [0, 0.1) is 0 Å². The molecule has 2 aliphatic rings. The normalized spacial score (nSPS) is 19.1. The van der Waals surface area contributed by atoms with Gasteiger partial charge >= 0.3 is 0 Å². The molecule has 1 unspecified atom stereocenters. The average molecular weight is 441 g/mol. The summed E-state index contributed by atoms with van der Waals surface area (Å²) in [5, 5.41) is 0. The van der Waals surface area contributed by atoms with Crippen molar-refractivity contribution in [2.75, 3.05) is 13.2 Å². The molecule has 1 saturated carbocycles. The van der Waals surface area contributed by atoms with Crippen molar-refractivity contribution in [2.24, 2.45) is 0 Å². The van der Waals surface area contributed by atoms with Crippen LogP contribution in [0.2, 0.25) is 0 Å². The first-order chi connectivity index (χ1) is 15.0. The summed E-state index contributed by atoms with van der Waals surface area (Å²) in [7, 11) is -3.46. The van der Waals surface area contributed by atoms with Crippen molar-refractivity contribution in [3.05, 3.63) is 65.7 Å². The van der Waals surface area contributed by atoms with Crippen LogP contribution in [-0.4, -0.2) is 38.4 Å². The first-order valence-corrected chi connectivity index (χ1v) is 12.3. The Balaban J connectivity index is 1.40. The molecule has 0 bridgehead atoms. The number of carbonyl (C=O) groups excluding carboxylic acids is 1. The molecule has 164 valence electrons. The van der Waals surface area contributed by atoms with Crippen molar-refractivity contribution in [3.63, 3.8) is 0 Å². The van der Waals surface area contributed by atoms with Gasteiger partial charge in [0.2, 0.25) is 15.9 Å². The van der Waals surface area contributed by atoms with Gasteiger partial charge in [0.05, 0.1) is 17.5 Å². The summed E-state index contributed by atoms with van der Waals surface area (Å²) in [6.07, 6.45) is 7.01. The number of benzene rings is 2. The van der Waals surface area contributed by atoms with Gasteiger partial charge in [-0.15, -0.1) is 0 Å². The third kappa shape index (κ3) is 5.35. The summed E-state index contributed by atoms with van der Waals surface area (Å²) < 4.78 is 32.7. The summed E-state index contributed by atoms with van der Waals surface area (Å²) in [6.45, 7) is 3.31. The molecule has 0 radical (unpaired) electrons.